The van der Waals surface area contributed by atoms with Crippen molar-refractivity contribution in [3.8, 4) is 0 Å². The van der Waals surface area contributed by atoms with Gasteiger partial charge in [0, 0.05) is 12.3 Å². The Morgan fingerprint density at radius 1 is 0.955 bits per heavy atom. The zero-order chi connectivity index (χ0) is 15.5. The van der Waals surface area contributed by atoms with Crippen LogP contribution in [0.3, 0.4) is 0 Å². The van der Waals surface area contributed by atoms with E-state index in [1.54, 1.807) is 0 Å². The van der Waals surface area contributed by atoms with Crippen LogP contribution in [0.15, 0.2) is 0 Å². The van der Waals surface area contributed by atoms with Gasteiger partial charge in [-0.15, -0.1) is 0 Å². The molecule has 4 saturated carbocycles. The van der Waals surface area contributed by atoms with Crippen LogP contribution in [0.2, 0.25) is 0 Å². The lowest BCUT2D eigenvalue weighted by Crippen LogP contribution is -2.56. The predicted octanol–water partition coefficient (Wildman–Crippen LogP) is 5.62. The van der Waals surface area contributed by atoms with E-state index in [-0.39, 0.29) is 0 Å². The second kappa shape index (κ2) is 5.08. The molecule has 0 spiro atoms. The lowest BCUT2D eigenvalue weighted by atomic mass is 9.44. The first-order valence-electron chi connectivity index (χ1n) is 10.0. The van der Waals surface area contributed by atoms with Crippen LogP contribution >= 0.6 is 0 Å². The Kier molecular flexibility index (Phi) is 3.51. The van der Waals surface area contributed by atoms with Gasteiger partial charge >= 0.3 is 0 Å². The SMILES string of the molecule is CC[C@H]1CC[C@H]2[C@@H]3C(=O)CC4CCCC[C@]4(C)[C@H]3CC[C@]12C. The summed E-state index contributed by atoms with van der Waals surface area (Å²) in [6.07, 6.45) is 13.2. The van der Waals surface area contributed by atoms with E-state index in [1.165, 1.54) is 57.8 Å². The highest BCUT2D eigenvalue weighted by atomic mass is 16.1. The summed E-state index contributed by atoms with van der Waals surface area (Å²) in [7, 11) is 0. The topological polar surface area (TPSA) is 17.1 Å². The summed E-state index contributed by atoms with van der Waals surface area (Å²) >= 11 is 0. The Bertz CT molecular complexity index is 469. The molecule has 7 atom stereocenters. The van der Waals surface area contributed by atoms with Gasteiger partial charge in [0.05, 0.1) is 0 Å². The van der Waals surface area contributed by atoms with Gasteiger partial charge in [0.1, 0.15) is 5.78 Å². The van der Waals surface area contributed by atoms with E-state index >= 15 is 0 Å². The van der Waals surface area contributed by atoms with Crippen LogP contribution in [0.5, 0.6) is 0 Å². The van der Waals surface area contributed by atoms with Crippen molar-refractivity contribution in [1.82, 2.24) is 0 Å². The normalized spacial score (nSPS) is 54.5. The van der Waals surface area contributed by atoms with Gasteiger partial charge in [0.25, 0.3) is 0 Å². The summed E-state index contributed by atoms with van der Waals surface area (Å²) in [5.41, 5.74) is 0.964. The summed E-state index contributed by atoms with van der Waals surface area (Å²) in [5, 5.41) is 0. The van der Waals surface area contributed by atoms with Gasteiger partial charge in [-0.1, -0.05) is 40.0 Å². The van der Waals surface area contributed by atoms with Crippen molar-refractivity contribution in [2.45, 2.75) is 85.0 Å². The van der Waals surface area contributed by atoms with Crippen molar-refractivity contribution < 1.29 is 4.79 Å². The number of hydrogen-bond acceptors (Lipinski definition) is 1. The Morgan fingerprint density at radius 2 is 1.73 bits per heavy atom. The van der Waals surface area contributed by atoms with Crippen LogP contribution in [-0.4, -0.2) is 5.78 Å². The molecule has 0 amide bonds. The molecule has 0 aliphatic heterocycles. The number of rotatable bonds is 1. The molecule has 0 saturated heterocycles. The fourth-order valence-corrected chi connectivity index (χ4v) is 7.74. The van der Waals surface area contributed by atoms with Crippen LogP contribution in [0.4, 0.5) is 0 Å². The van der Waals surface area contributed by atoms with Gasteiger partial charge < -0.3 is 0 Å². The van der Waals surface area contributed by atoms with E-state index in [4.69, 9.17) is 0 Å². The molecule has 0 aromatic carbocycles. The third-order valence-electron chi connectivity index (χ3n) is 9.08. The molecule has 22 heavy (non-hydrogen) atoms. The van der Waals surface area contributed by atoms with Crippen molar-refractivity contribution >= 4 is 5.78 Å². The molecule has 1 nitrogen and oxygen atoms in total. The average molecular weight is 303 g/mol. The molecule has 0 radical (unpaired) electrons. The molecule has 0 aromatic heterocycles. The highest BCUT2D eigenvalue weighted by Crippen LogP contribution is 2.66. The maximum Gasteiger partial charge on any atom is 0.136 e. The minimum absolute atomic E-state index is 0.426. The van der Waals surface area contributed by atoms with Gasteiger partial charge in [-0.25, -0.2) is 0 Å². The van der Waals surface area contributed by atoms with Crippen LogP contribution in [0.25, 0.3) is 0 Å². The molecule has 1 unspecified atom stereocenters. The first-order chi connectivity index (χ1) is 10.5. The molecule has 4 rings (SSSR count). The van der Waals surface area contributed by atoms with Gasteiger partial charge in [-0.2, -0.15) is 0 Å². The van der Waals surface area contributed by atoms with E-state index in [0.717, 1.165) is 12.3 Å². The molecule has 1 heteroatoms. The molecule has 0 heterocycles. The highest BCUT2D eigenvalue weighted by molar-refractivity contribution is 5.83. The summed E-state index contributed by atoms with van der Waals surface area (Å²) in [5.74, 6) is 4.11. The van der Waals surface area contributed by atoms with Crippen LogP contribution in [-0.2, 0) is 4.79 Å². The Hall–Kier alpha value is -0.330. The van der Waals surface area contributed by atoms with Crippen molar-refractivity contribution in [1.29, 1.82) is 0 Å². The maximum absolute atomic E-state index is 13.1. The Balaban J connectivity index is 1.69. The van der Waals surface area contributed by atoms with Crippen molar-refractivity contribution in [3.63, 3.8) is 0 Å². The number of carbonyl (C=O) groups is 1. The lowest BCUT2D eigenvalue weighted by molar-refractivity contribution is -0.155. The first-order valence-corrected chi connectivity index (χ1v) is 10.0. The smallest absolute Gasteiger partial charge is 0.136 e. The van der Waals surface area contributed by atoms with Crippen LogP contribution in [0.1, 0.15) is 85.0 Å². The molecule has 0 aromatic rings. The fourth-order valence-electron chi connectivity index (χ4n) is 7.74. The molecular weight excluding hydrogens is 268 g/mol. The van der Waals surface area contributed by atoms with E-state index in [0.29, 0.717) is 40.3 Å². The molecule has 4 fully saturated rings. The van der Waals surface area contributed by atoms with E-state index in [1.807, 2.05) is 0 Å². The van der Waals surface area contributed by atoms with Crippen molar-refractivity contribution in [3.05, 3.63) is 0 Å². The number of fused-ring (bicyclic) bond motifs is 5. The van der Waals surface area contributed by atoms with E-state index in [2.05, 4.69) is 20.8 Å². The van der Waals surface area contributed by atoms with E-state index < -0.39 is 0 Å². The van der Waals surface area contributed by atoms with Gasteiger partial charge in [-0.05, 0) is 73.0 Å². The van der Waals surface area contributed by atoms with Crippen molar-refractivity contribution in [2.75, 3.05) is 0 Å². The summed E-state index contributed by atoms with van der Waals surface area (Å²) in [4.78, 5) is 13.1. The summed E-state index contributed by atoms with van der Waals surface area (Å²) in [6.45, 7) is 7.47. The van der Waals surface area contributed by atoms with Crippen LogP contribution in [0, 0.1) is 40.4 Å². The van der Waals surface area contributed by atoms with Crippen LogP contribution < -0.4 is 0 Å². The van der Waals surface area contributed by atoms with E-state index in [9.17, 15) is 4.79 Å². The maximum atomic E-state index is 13.1. The second-order valence-electron chi connectivity index (χ2n) is 9.58. The highest BCUT2D eigenvalue weighted by Gasteiger charge is 2.61. The molecule has 4 aliphatic carbocycles. The molecular formula is C21H34O. The molecule has 0 N–H and O–H groups in total. The zero-order valence-electron chi connectivity index (χ0n) is 14.9. The quantitative estimate of drug-likeness (QED) is 0.614. The monoisotopic (exact) mass is 302 g/mol. The Labute approximate surface area is 136 Å². The van der Waals surface area contributed by atoms with Crippen molar-refractivity contribution in [2.24, 2.45) is 40.4 Å². The average Bonchev–Trinajstić information content (AvgIpc) is 2.84. The summed E-state index contributed by atoms with van der Waals surface area (Å²) in [6, 6.07) is 0. The first kappa shape index (κ1) is 15.2. The van der Waals surface area contributed by atoms with Gasteiger partial charge in [0.2, 0.25) is 0 Å². The zero-order valence-corrected chi connectivity index (χ0v) is 14.9. The third kappa shape index (κ3) is 1.86. The summed E-state index contributed by atoms with van der Waals surface area (Å²) < 4.78 is 0. The largest absolute Gasteiger partial charge is 0.299 e. The number of Topliss-reactive ketones (excluding diaryl/α,β-unsaturated/α-hetero) is 1. The van der Waals surface area contributed by atoms with Gasteiger partial charge in [0.15, 0.2) is 0 Å². The lowest BCUT2D eigenvalue weighted by Gasteiger charge is -2.59. The number of hydrogen-bond donors (Lipinski definition) is 0. The third-order valence-corrected chi connectivity index (χ3v) is 9.08. The number of carbonyl (C=O) groups excluding carboxylic acids is 1. The minimum atomic E-state index is 0.426. The molecule has 0 bridgehead atoms. The van der Waals surface area contributed by atoms with Gasteiger partial charge in [-0.3, -0.25) is 4.79 Å². The standard InChI is InChI=1S/C21H34O/c1-4-14-8-9-16-19-17(10-12-21(14,16)3)20(2)11-6-5-7-15(20)13-18(19)22/h14-17,19H,4-13H2,1-3H3/t14-,15?,16-,17-,19-,20-,21+/m0/s1. The fraction of sp³-hybridized carbons (Fsp3) is 0.952. The second-order valence-corrected chi connectivity index (χ2v) is 9.58. The predicted molar refractivity (Wildman–Crippen MR) is 90.5 cm³/mol. The number of ketones is 1. The minimum Gasteiger partial charge on any atom is -0.299 e. The molecule has 124 valence electrons. The molecule has 4 aliphatic rings. The Morgan fingerprint density at radius 3 is 2.50 bits per heavy atom.